The summed E-state index contributed by atoms with van der Waals surface area (Å²) in [5, 5.41) is 11.2. The smallest absolute Gasteiger partial charge is 0.326 e. The number of amides is 1. The monoisotopic (exact) mass is 313 g/mol. The predicted molar refractivity (Wildman–Crippen MR) is 74.4 cm³/mol. The van der Waals surface area contributed by atoms with Gasteiger partial charge in [0.05, 0.1) is 0 Å². The minimum absolute atomic E-state index is 0.0324. The summed E-state index contributed by atoms with van der Waals surface area (Å²) in [6.45, 7) is 1.79. The van der Waals surface area contributed by atoms with E-state index in [0.717, 1.165) is 18.2 Å². The van der Waals surface area contributed by atoms with Crippen LogP contribution < -0.4 is 5.32 Å². The van der Waals surface area contributed by atoms with Gasteiger partial charge in [0, 0.05) is 18.4 Å². The van der Waals surface area contributed by atoms with Crippen LogP contribution in [0.3, 0.4) is 0 Å². The van der Waals surface area contributed by atoms with E-state index >= 15 is 0 Å². The van der Waals surface area contributed by atoms with E-state index in [1.54, 1.807) is 6.92 Å². The van der Waals surface area contributed by atoms with Crippen molar-refractivity contribution in [3.05, 3.63) is 35.4 Å². The Morgan fingerprint density at radius 1 is 1.18 bits per heavy atom. The third-order valence-electron chi connectivity index (χ3n) is 3.03. The predicted octanol–water partition coefficient (Wildman–Crippen LogP) is 2.30. The second-order valence-corrected chi connectivity index (χ2v) is 4.80. The Hall–Kier alpha value is -2.31. The molecule has 0 spiro atoms. The summed E-state index contributed by atoms with van der Waals surface area (Å²) in [6.07, 6.45) is 0.448. The largest absolute Gasteiger partial charge is 0.480 e. The molecule has 5 nitrogen and oxygen atoms in total. The van der Waals surface area contributed by atoms with Crippen molar-refractivity contribution >= 4 is 17.7 Å². The highest BCUT2D eigenvalue weighted by Gasteiger charge is 2.19. The normalized spacial score (nSPS) is 11.8. The summed E-state index contributed by atoms with van der Waals surface area (Å²) in [6, 6.07) is 1.75. The molecule has 1 rings (SSSR count). The summed E-state index contributed by atoms with van der Waals surface area (Å²) >= 11 is 0. The number of rotatable bonds is 8. The third-order valence-corrected chi connectivity index (χ3v) is 3.03. The highest BCUT2D eigenvalue weighted by Crippen LogP contribution is 2.11. The second kappa shape index (κ2) is 8.21. The Balaban J connectivity index is 2.54. The Kier molecular flexibility index (Phi) is 6.62. The van der Waals surface area contributed by atoms with Gasteiger partial charge < -0.3 is 10.4 Å². The molecule has 0 aliphatic carbocycles. The molecule has 0 radical (unpaired) electrons. The van der Waals surface area contributed by atoms with Crippen molar-refractivity contribution in [1.29, 1.82) is 0 Å². The molecule has 7 heteroatoms. The number of benzene rings is 1. The number of ketones is 1. The number of carboxylic acids is 1. The van der Waals surface area contributed by atoms with Crippen molar-refractivity contribution in [3.8, 4) is 0 Å². The van der Waals surface area contributed by atoms with Crippen molar-refractivity contribution in [3.63, 3.8) is 0 Å². The maximum Gasteiger partial charge on any atom is 0.326 e. The Bertz CT molecular complexity index is 575. The van der Waals surface area contributed by atoms with Crippen LogP contribution in [0.5, 0.6) is 0 Å². The van der Waals surface area contributed by atoms with Gasteiger partial charge in [0.15, 0.2) is 17.4 Å². The Morgan fingerprint density at radius 2 is 1.86 bits per heavy atom. The molecule has 1 aromatic carbocycles. The standard InChI is InChI=1S/C15H17F2NO4/c1-2-3-12(15(21)22)18-14(20)7-6-13(19)9-4-5-10(16)11(17)8-9/h4-5,8,12H,2-3,6-7H2,1H3,(H,18,20)(H,21,22). The highest BCUT2D eigenvalue weighted by molar-refractivity contribution is 5.98. The summed E-state index contributed by atoms with van der Waals surface area (Å²) < 4.78 is 25.8. The first-order chi connectivity index (χ1) is 10.3. The van der Waals surface area contributed by atoms with Gasteiger partial charge in [-0.15, -0.1) is 0 Å². The van der Waals surface area contributed by atoms with Crippen LogP contribution in [0.1, 0.15) is 43.0 Å². The van der Waals surface area contributed by atoms with E-state index in [0.29, 0.717) is 6.42 Å². The van der Waals surface area contributed by atoms with Crippen molar-refractivity contribution in [2.75, 3.05) is 0 Å². The van der Waals surface area contributed by atoms with Crippen LogP contribution in [0.4, 0.5) is 8.78 Å². The number of carbonyl (C=O) groups is 3. The number of halogens is 2. The zero-order chi connectivity index (χ0) is 16.7. The van der Waals surface area contributed by atoms with E-state index in [9.17, 15) is 23.2 Å². The highest BCUT2D eigenvalue weighted by atomic mass is 19.2. The lowest BCUT2D eigenvalue weighted by atomic mass is 10.1. The molecule has 0 aliphatic rings. The number of carbonyl (C=O) groups excluding carboxylic acids is 2. The molecule has 1 unspecified atom stereocenters. The van der Waals surface area contributed by atoms with E-state index in [-0.39, 0.29) is 24.8 Å². The van der Waals surface area contributed by atoms with Crippen LogP contribution in [0.25, 0.3) is 0 Å². The first-order valence-electron chi connectivity index (χ1n) is 6.85. The molecule has 2 N–H and O–H groups in total. The molecule has 0 saturated heterocycles. The van der Waals surface area contributed by atoms with E-state index in [1.807, 2.05) is 0 Å². The third kappa shape index (κ3) is 5.23. The minimum Gasteiger partial charge on any atom is -0.480 e. The lowest BCUT2D eigenvalue weighted by Gasteiger charge is -2.13. The molecule has 0 aliphatic heterocycles. The topological polar surface area (TPSA) is 83.5 Å². The van der Waals surface area contributed by atoms with E-state index in [2.05, 4.69) is 5.32 Å². The van der Waals surface area contributed by atoms with E-state index in [4.69, 9.17) is 5.11 Å². The van der Waals surface area contributed by atoms with Crippen LogP contribution in [0.2, 0.25) is 0 Å². The Morgan fingerprint density at radius 3 is 2.41 bits per heavy atom. The summed E-state index contributed by atoms with van der Waals surface area (Å²) in [4.78, 5) is 34.3. The molecule has 0 saturated carbocycles. The molecular weight excluding hydrogens is 296 g/mol. The SMILES string of the molecule is CCCC(NC(=O)CCC(=O)c1ccc(F)c(F)c1)C(=O)O. The first kappa shape index (κ1) is 17.7. The lowest BCUT2D eigenvalue weighted by Crippen LogP contribution is -2.40. The van der Waals surface area contributed by atoms with Crippen molar-refractivity contribution < 1.29 is 28.3 Å². The van der Waals surface area contributed by atoms with Crippen molar-refractivity contribution in [1.82, 2.24) is 5.32 Å². The van der Waals surface area contributed by atoms with Gasteiger partial charge in [-0.3, -0.25) is 9.59 Å². The number of Topliss-reactive ketones (excluding diaryl/α,β-unsaturated/α-hetero) is 1. The van der Waals surface area contributed by atoms with Crippen molar-refractivity contribution in [2.45, 2.75) is 38.6 Å². The summed E-state index contributed by atoms with van der Waals surface area (Å²) in [5.41, 5.74) is -0.0324. The van der Waals surface area contributed by atoms with Crippen LogP contribution >= 0.6 is 0 Å². The number of hydrogen-bond acceptors (Lipinski definition) is 3. The van der Waals surface area contributed by atoms with Gasteiger partial charge >= 0.3 is 5.97 Å². The number of carboxylic acid groups (broad SMARTS) is 1. The lowest BCUT2D eigenvalue weighted by molar-refractivity contribution is -0.142. The van der Waals surface area contributed by atoms with Gasteiger partial charge in [0.25, 0.3) is 0 Å². The van der Waals surface area contributed by atoms with Gasteiger partial charge in [-0.05, 0) is 24.6 Å². The van der Waals surface area contributed by atoms with Gasteiger partial charge in [-0.2, -0.15) is 0 Å². The van der Waals surface area contributed by atoms with Crippen LogP contribution in [-0.2, 0) is 9.59 Å². The quantitative estimate of drug-likeness (QED) is 0.721. The fourth-order valence-electron chi connectivity index (χ4n) is 1.85. The molecule has 120 valence electrons. The molecule has 1 atom stereocenters. The molecular formula is C15H17F2NO4. The molecule has 22 heavy (non-hydrogen) atoms. The summed E-state index contributed by atoms with van der Waals surface area (Å²) in [7, 11) is 0. The van der Waals surface area contributed by atoms with Gasteiger partial charge in [0.2, 0.25) is 5.91 Å². The fourth-order valence-corrected chi connectivity index (χ4v) is 1.85. The number of aliphatic carboxylic acids is 1. The maximum absolute atomic E-state index is 13.0. The minimum atomic E-state index is -1.14. The maximum atomic E-state index is 13.0. The first-order valence-corrected chi connectivity index (χ1v) is 6.85. The van der Waals surface area contributed by atoms with E-state index < -0.39 is 35.3 Å². The molecule has 0 bridgehead atoms. The Labute approximate surface area is 126 Å². The fraction of sp³-hybridized carbons (Fsp3) is 0.400. The van der Waals surface area contributed by atoms with Gasteiger partial charge in [-0.25, -0.2) is 13.6 Å². The average Bonchev–Trinajstić information content (AvgIpc) is 2.47. The van der Waals surface area contributed by atoms with Crippen molar-refractivity contribution in [2.24, 2.45) is 0 Å². The van der Waals surface area contributed by atoms with Crippen LogP contribution in [0.15, 0.2) is 18.2 Å². The molecule has 1 amide bonds. The zero-order valence-electron chi connectivity index (χ0n) is 12.1. The van der Waals surface area contributed by atoms with Crippen LogP contribution in [0, 0.1) is 11.6 Å². The zero-order valence-corrected chi connectivity index (χ0v) is 12.1. The second-order valence-electron chi connectivity index (χ2n) is 4.80. The average molecular weight is 313 g/mol. The number of nitrogens with one attached hydrogen (secondary N) is 1. The van der Waals surface area contributed by atoms with Gasteiger partial charge in [-0.1, -0.05) is 13.3 Å². The molecule has 0 fully saturated rings. The van der Waals surface area contributed by atoms with Crippen LogP contribution in [-0.4, -0.2) is 28.8 Å². The molecule has 0 aromatic heterocycles. The molecule has 1 aromatic rings. The summed E-state index contributed by atoms with van der Waals surface area (Å²) in [5.74, 6) is -4.42. The van der Waals surface area contributed by atoms with E-state index in [1.165, 1.54) is 0 Å². The van der Waals surface area contributed by atoms with Gasteiger partial charge in [0.1, 0.15) is 6.04 Å². The molecule has 0 heterocycles. The number of hydrogen-bond donors (Lipinski definition) is 2.